The number of rotatable bonds is 7. The van der Waals surface area contributed by atoms with Crippen molar-refractivity contribution in [1.82, 2.24) is 4.98 Å². The van der Waals surface area contributed by atoms with Gasteiger partial charge in [0.25, 0.3) is 0 Å². The molecule has 0 bridgehead atoms. The maximum Gasteiger partial charge on any atom is 0.232 e. The molecule has 0 aliphatic rings. The Hall–Kier alpha value is -3.05. The van der Waals surface area contributed by atoms with Gasteiger partial charge in [0.1, 0.15) is 0 Å². The Balaban J connectivity index is 1.86. The molecule has 5 nitrogen and oxygen atoms in total. The predicted octanol–water partition coefficient (Wildman–Crippen LogP) is 4.72. The van der Waals surface area contributed by atoms with Gasteiger partial charge >= 0.3 is 0 Å². The van der Waals surface area contributed by atoms with Crippen LogP contribution in [0.2, 0.25) is 5.02 Å². The Kier molecular flexibility index (Phi) is 6.50. The topological polar surface area (TPSA) is 60.5 Å². The van der Waals surface area contributed by atoms with Gasteiger partial charge in [-0.2, -0.15) is 0 Å². The van der Waals surface area contributed by atoms with Crippen molar-refractivity contribution in [3.05, 3.63) is 83.1 Å². The third-order valence-electron chi connectivity index (χ3n) is 4.40. The lowest BCUT2D eigenvalue weighted by Gasteiger charge is -2.18. The lowest BCUT2D eigenvalue weighted by molar-refractivity contribution is -0.117. The third-order valence-corrected chi connectivity index (χ3v) is 4.65. The summed E-state index contributed by atoms with van der Waals surface area (Å²) in [5, 5.41) is 3.60. The van der Waals surface area contributed by atoms with Crippen LogP contribution in [0.4, 0.5) is 5.69 Å². The van der Waals surface area contributed by atoms with Crippen LogP contribution >= 0.6 is 11.6 Å². The van der Waals surface area contributed by atoms with Crippen LogP contribution in [-0.2, 0) is 11.2 Å². The molecule has 0 radical (unpaired) electrons. The van der Waals surface area contributed by atoms with Crippen LogP contribution in [0, 0.1) is 0 Å². The summed E-state index contributed by atoms with van der Waals surface area (Å²) in [5.74, 6) is 0.633. The van der Waals surface area contributed by atoms with Crippen LogP contribution in [0.1, 0.15) is 17.0 Å². The molecule has 3 rings (SSSR count). The number of carbonyl (C=O) groups is 1. The van der Waals surface area contributed by atoms with Crippen molar-refractivity contribution in [2.45, 2.75) is 12.3 Å². The molecule has 0 saturated heterocycles. The number of amides is 1. The molecular formula is C22H21ClN2O3. The summed E-state index contributed by atoms with van der Waals surface area (Å²) >= 11 is 6.01. The van der Waals surface area contributed by atoms with Crippen molar-refractivity contribution in [3.8, 4) is 11.5 Å². The van der Waals surface area contributed by atoms with Gasteiger partial charge in [0.15, 0.2) is 11.5 Å². The van der Waals surface area contributed by atoms with Crippen molar-refractivity contribution >= 4 is 23.2 Å². The van der Waals surface area contributed by atoms with Gasteiger partial charge in [-0.1, -0.05) is 29.8 Å². The van der Waals surface area contributed by atoms with E-state index >= 15 is 0 Å². The summed E-state index contributed by atoms with van der Waals surface area (Å²) in [7, 11) is 3.13. The SMILES string of the molecule is COc1ccc(NC(=O)C(Cc2cccnc2)c2ccc(Cl)cc2)cc1OC. The Morgan fingerprint density at radius 1 is 1.07 bits per heavy atom. The molecule has 0 fully saturated rings. The highest BCUT2D eigenvalue weighted by molar-refractivity contribution is 6.30. The van der Waals surface area contributed by atoms with Crippen LogP contribution in [0.15, 0.2) is 67.0 Å². The molecule has 0 aliphatic heterocycles. The molecule has 28 heavy (non-hydrogen) atoms. The molecule has 6 heteroatoms. The monoisotopic (exact) mass is 396 g/mol. The minimum atomic E-state index is -0.394. The molecule has 1 heterocycles. The number of aromatic nitrogens is 1. The normalized spacial score (nSPS) is 11.5. The number of methoxy groups -OCH3 is 2. The zero-order chi connectivity index (χ0) is 19.9. The van der Waals surface area contributed by atoms with Crippen LogP contribution in [0.5, 0.6) is 11.5 Å². The molecule has 1 aromatic heterocycles. The highest BCUT2D eigenvalue weighted by Gasteiger charge is 2.22. The van der Waals surface area contributed by atoms with Crippen molar-refractivity contribution in [3.63, 3.8) is 0 Å². The maximum absolute atomic E-state index is 13.1. The third kappa shape index (κ3) is 4.81. The van der Waals surface area contributed by atoms with Gasteiger partial charge in [0.2, 0.25) is 5.91 Å². The Morgan fingerprint density at radius 2 is 1.82 bits per heavy atom. The average molecular weight is 397 g/mol. The molecule has 0 spiro atoms. The van der Waals surface area contributed by atoms with Gasteiger partial charge in [-0.15, -0.1) is 0 Å². The number of hydrogen-bond donors (Lipinski definition) is 1. The Labute approximate surface area is 169 Å². The van der Waals surface area contributed by atoms with E-state index in [0.29, 0.717) is 28.6 Å². The summed E-state index contributed by atoms with van der Waals surface area (Å²) < 4.78 is 10.6. The second kappa shape index (κ2) is 9.24. The number of hydrogen-bond acceptors (Lipinski definition) is 4. The summed E-state index contributed by atoms with van der Waals surface area (Å²) in [5.41, 5.74) is 2.49. The molecule has 0 aliphatic carbocycles. The van der Waals surface area contributed by atoms with E-state index in [-0.39, 0.29) is 5.91 Å². The van der Waals surface area contributed by atoms with Gasteiger partial charge in [-0.05, 0) is 47.9 Å². The number of halogens is 1. The number of anilines is 1. The highest BCUT2D eigenvalue weighted by atomic mass is 35.5. The van der Waals surface area contributed by atoms with Crippen molar-refractivity contribution in [1.29, 1.82) is 0 Å². The van der Waals surface area contributed by atoms with E-state index in [1.54, 1.807) is 56.9 Å². The minimum Gasteiger partial charge on any atom is -0.493 e. The van der Waals surface area contributed by atoms with E-state index in [9.17, 15) is 4.79 Å². The molecule has 1 atom stereocenters. The Bertz CT molecular complexity index is 930. The lowest BCUT2D eigenvalue weighted by atomic mass is 9.91. The van der Waals surface area contributed by atoms with E-state index in [4.69, 9.17) is 21.1 Å². The zero-order valence-corrected chi connectivity index (χ0v) is 16.4. The first-order valence-electron chi connectivity index (χ1n) is 8.78. The summed E-state index contributed by atoms with van der Waals surface area (Å²) in [6, 6.07) is 16.4. The summed E-state index contributed by atoms with van der Waals surface area (Å²) in [6.07, 6.45) is 4.01. The van der Waals surface area contributed by atoms with Gasteiger partial charge < -0.3 is 14.8 Å². The van der Waals surface area contributed by atoms with Crippen LogP contribution in [-0.4, -0.2) is 25.1 Å². The molecule has 1 unspecified atom stereocenters. The Morgan fingerprint density at radius 3 is 2.46 bits per heavy atom. The van der Waals surface area contributed by atoms with Crippen LogP contribution < -0.4 is 14.8 Å². The first-order chi connectivity index (χ1) is 13.6. The van der Waals surface area contributed by atoms with E-state index < -0.39 is 5.92 Å². The molecular weight excluding hydrogens is 376 g/mol. The molecule has 3 aromatic rings. The standard InChI is InChI=1S/C22H21ClN2O3/c1-27-20-10-9-18(13-21(20)28-2)25-22(26)19(12-15-4-3-11-24-14-15)16-5-7-17(23)8-6-16/h3-11,13-14,19H,12H2,1-2H3,(H,25,26). The molecule has 1 N–H and O–H groups in total. The zero-order valence-electron chi connectivity index (χ0n) is 15.7. The van der Waals surface area contributed by atoms with Gasteiger partial charge in [0.05, 0.1) is 20.1 Å². The fourth-order valence-corrected chi connectivity index (χ4v) is 3.08. The number of benzene rings is 2. The molecule has 1 amide bonds. The maximum atomic E-state index is 13.1. The largest absolute Gasteiger partial charge is 0.493 e. The smallest absolute Gasteiger partial charge is 0.232 e. The number of pyridine rings is 1. The van der Waals surface area contributed by atoms with Gasteiger partial charge in [-0.25, -0.2) is 0 Å². The van der Waals surface area contributed by atoms with E-state index in [1.807, 2.05) is 24.3 Å². The second-order valence-corrected chi connectivity index (χ2v) is 6.66. The first kappa shape index (κ1) is 19.7. The minimum absolute atomic E-state index is 0.126. The molecule has 0 saturated carbocycles. The second-order valence-electron chi connectivity index (χ2n) is 6.23. The number of ether oxygens (including phenoxy) is 2. The van der Waals surface area contributed by atoms with Crippen molar-refractivity contribution < 1.29 is 14.3 Å². The van der Waals surface area contributed by atoms with E-state index in [1.165, 1.54) is 0 Å². The van der Waals surface area contributed by atoms with E-state index in [2.05, 4.69) is 10.3 Å². The summed E-state index contributed by atoms with van der Waals surface area (Å²) in [6.45, 7) is 0. The molecule has 144 valence electrons. The molecule has 2 aromatic carbocycles. The highest BCUT2D eigenvalue weighted by Crippen LogP contribution is 2.31. The lowest BCUT2D eigenvalue weighted by Crippen LogP contribution is -2.23. The summed E-state index contributed by atoms with van der Waals surface area (Å²) in [4.78, 5) is 17.3. The number of nitrogens with zero attached hydrogens (tertiary/aromatic N) is 1. The first-order valence-corrected chi connectivity index (χ1v) is 9.15. The van der Waals surface area contributed by atoms with Gasteiger partial charge in [0, 0.05) is 29.2 Å². The number of nitrogens with one attached hydrogen (secondary N) is 1. The van der Waals surface area contributed by atoms with Crippen molar-refractivity contribution in [2.75, 3.05) is 19.5 Å². The fraction of sp³-hybridized carbons (Fsp3) is 0.182. The van der Waals surface area contributed by atoms with Crippen molar-refractivity contribution in [2.24, 2.45) is 0 Å². The fourth-order valence-electron chi connectivity index (χ4n) is 2.95. The average Bonchev–Trinajstić information content (AvgIpc) is 2.73. The van der Waals surface area contributed by atoms with E-state index in [0.717, 1.165) is 11.1 Å². The van der Waals surface area contributed by atoms with Crippen LogP contribution in [0.3, 0.4) is 0 Å². The van der Waals surface area contributed by atoms with Crippen LogP contribution in [0.25, 0.3) is 0 Å². The van der Waals surface area contributed by atoms with Gasteiger partial charge in [-0.3, -0.25) is 9.78 Å². The predicted molar refractivity (Wildman–Crippen MR) is 110 cm³/mol. The quantitative estimate of drug-likeness (QED) is 0.627. The number of carbonyl (C=O) groups excluding carboxylic acids is 1.